The average Bonchev–Trinajstić information content (AvgIpc) is 3.26. The van der Waals surface area contributed by atoms with E-state index in [0.717, 1.165) is 11.3 Å². The van der Waals surface area contributed by atoms with E-state index in [-0.39, 0.29) is 5.91 Å². The van der Waals surface area contributed by atoms with Crippen LogP contribution in [0.25, 0.3) is 16.9 Å². The first-order valence-corrected chi connectivity index (χ1v) is 9.92. The molecule has 0 atom stereocenters. The van der Waals surface area contributed by atoms with E-state index in [1.807, 2.05) is 42.5 Å². The number of nitrogens with zero attached hydrogens (tertiary/aromatic N) is 2. The maximum absolute atomic E-state index is 13.2. The molecule has 0 fully saturated rings. The highest BCUT2D eigenvalue weighted by atomic mass is 35.5. The Morgan fingerprint density at radius 1 is 0.935 bits per heavy atom. The molecular weight excluding hydrogens is 414 g/mol. The van der Waals surface area contributed by atoms with Crippen LogP contribution in [0.3, 0.4) is 0 Å². The molecule has 3 aromatic carbocycles. The lowest BCUT2D eigenvalue weighted by atomic mass is 10.1. The highest BCUT2D eigenvalue weighted by Crippen LogP contribution is 2.34. The third-order valence-electron chi connectivity index (χ3n) is 4.76. The molecule has 4 aromatic rings. The van der Waals surface area contributed by atoms with E-state index in [2.05, 4.69) is 5.32 Å². The fourth-order valence-electron chi connectivity index (χ4n) is 3.20. The van der Waals surface area contributed by atoms with E-state index in [9.17, 15) is 4.79 Å². The van der Waals surface area contributed by atoms with Crippen molar-refractivity contribution < 1.29 is 14.3 Å². The van der Waals surface area contributed by atoms with E-state index in [1.54, 1.807) is 55.4 Å². The van der Waals surface area contributed by atoms with Gasteiger partial charge in [0.1, 0.15) is 5.69 Å². The number of rotatable bonds is 6. The first kappa shape index (κ1) is 20.5. The first-order valence-electron chi connectivity index (χ1n) is 9.54. The second kappa shape index (κ2) is 8.93. The molecule has 0 aliphatic rings. The van der Waals surface area contributed by atoms with Crippen molar-refractivity contribution in [3.8, 4) is 28.4 Å². The van der Waals surface area contributed by atoms with Crippen molar-refractivity contribution in [2.45, 2.75) is 0 Å². The number of benzene rings is 3. The van der Waals surface area contributed by atoms with E-state index in [4.69, 9.17) is 26.2 Å². The number of nitrogens with one attached hydrogen (secondary N) is 1. The van der Waals surface area contributed by atoms with Gasteiger partial charge in [-0.1, -0.05) is 41.9 Å². The van der Waals surface area contributed by atoms with Crippen LogP contribution in [0.15, 0.2) is 79.0 Å². The summed E-state index contributed by atoms with van der Waals surface area (Å²) in [4.78, 5) is 13.2. The quantitative estimate of drug-likeness (QED) is 0.438. The topological polar surface area (TPSA) is 65.4 Å². The van der Waals surface area contributed by atoms with Gasteiger partial charge in [-0.05, 0) is 42.5 Å². The van der Waals surface area contributed by atoms with Gasteiger partial charge in [-0.15, -0.1) is 0 Å². The number of aromatic nitrogens is 2. The first-order chi connectivity index (χ1) is 15.1. The molecule has 0 aliphatic carbocycles. The fourth-order valence-corrected chi connectivity index (χ4v) is 3.39. The van der Waals surface area contributed by atoms with E-state index in [0.29, 0.717) is 33.5 Å². The largest absolute Gasteiger partial charge is 0.493 e. The molecule has 1 aromatic heterocycles. The summed E-state index contributed by atoms with van der Waals surface area (Å²) in [6, 6.07) is 22.1. The third kappa shape index (κ3) is 4.25. The van der Waals surface area contributed by atoms with E-state index in [1.165, 1.54) is 0 Å². The molecule has 31 heavy (non-hydrogen) atoms. The molecule has 0 spiro atoms. The Hall–Kier alpha value is -3.77. The zero-order chi connectivity index (χ0) is 21.8. The summed E-state index contributed by atoms with van der Waals surface area (Å²) in [5.41, 5.74) is 2.99. The Labute approximate surface area is 185 Å². The van der Waals surface area contributed by atoms with Crippen LogP contribution in [-0.2, 0) is 0 Å². The highest BCUT2D eigenvalue weighted by molar-refractivity contribution is 6.34. The lowest BCUT2D eigenvalue weighted by Gasteiger charge is -2.10. The lowest BCUT2D eigenvalue weighted by Crippen LogP contribution is -2.12. The van der Waals surface area contributed by atoms with Gasteiger partial charge in [0.05, 0.1) is 36.2 Å². The summed E-state index contributed by atoms with van der Waals surface area (Å²) in [6.45, 7) is 0. The smallest absolute Gasteiger partial charge is 0.259 e. The second-order valence-corrected chi connectivity index (χ2v) is 7.08. The molecule has 0 radical (unpaired) electrons. The molecule has 0 aliphatic heterocycles. The van der Waals surface area contributed by atoms with E-state index < -0.39 is 0 Å². The van der Waals surface area contributed by atoms with Crippen LogP contribution in [0.1, 0.15) is 10.4 Å². The van der Waals surface area contributed by atoms with Crippen molar-refractivity contribution in [2.24, 2.45) is 0 Å². The minimum Gasteiger partial charge on any atom is -0.493 e. The zero-order valence-corrected chi connectivity index (χ0v) is 17.8. The van der Waals surface area contributed by atoms with Crippen LogP contribution in [0.2, 0.25) is 5.02 Å². The average molecular weight is 434 g/mol. The van der Waals surface area contributed by atoms with Crippen LogP contribution in [0.4, 0.5) is 5.69 Å². The summed E-state index contributed by atoms with van der Waals surface area (Å²) in [5.74, 6) is 0.822. The number of hydrogen-bond donors (Lipinski definition) is 1. The molecule has 7 heteroatoms. The van der Waals surface area contributed by atoms with Crippen LogP contribution in [-0.4, -0.2) is 29.9 Å². The summed E-state index contributed by atoms with van der Waals surface area (Å²) >= 11 is 6.22. The molecule has 156 valence electrons. The molecule has 4 rings (SSSR count). The number of amides is 1. The number of hydrogen-bond acceptors (Lipinski definition) is 4. The lowest BCUT2D eigenvalue weighted by molar-refractivity contribution is 0.102. The molecule has 0 bridgehead atoms. The minimum absolute atomic E-state index is 0.319. The molecule has 1 N–H and O–H groups in total. The normalized spacial score (nSPS) is 10.5. The molecule has 0 saturated carbocycles. The maximum Gasteiger partial charge on any atom is 0.259 e. The highest BCUT2D eigenvalue weighted by Gasteiger charge is 2.21. The summed E-state index contributed by atoms with van der Waals surface area (Å²) in [5, 5.41) is 8.02. The standard InChI is InChI=1S/C24H20ClN3O3/c1-30-21-13-12-16(14-22(21)31-2)23-18(15-28(27-23)17-8-4-3-5-9-17)24(29)26-20-11-7-6-10-19(20)25/h3-15H,1-2H3,(H,26,29). The Bertz CT molecular complexity index is 1220. The van der Waals surface area contributed by atoms with Gasteiger partial charge in [0.15, 0.2) is 11.5 Å². The van der Waals surface area contributed by atoms with Gasteiger partial charge >= 0.3 is 0 Å². The van der Waals surface area contributed by atoms with E-state index >= 15 is 0 Å². The number of anilines is 1. The van der Waals surface area contributed by atoms with Crippen molar-refractivity contribution in [3.63, 3.8) is 0 Å². The zero-order valence-electron chi connectivity index (χ0n) is 17.0. The number of halogens is 1. The molecular formula is C24H20ClN3O3. The number of carbonyl (C=O) groups is 1. The molecule has 1 heterocycles. The number of ether oxygens (including phenoxy) is 2. The third-order valence-corrected chi connectivity index (χ3v) is 5.09. The predicted octanol–water partition coefficient (Wildman–Crippen LogP) is 5.46. The summed E-state index contributed by atoms with van der Waals surface area (Å²) < 4.78 is 12.4. The monoisotopic (exact) mass is 433 g/mol. The van der Waals surface area contributed by atoms with Crippen LogP contribution >= 0.6 is 11.6 Å². The Kier molecular flexibility index (Phi) is 5.91. The van der Waals surface area contributed by atoms with Crippen LogP contribution in [0.5, 0.6) is 11.5 Å². The summed E-state index contributed by atoms with van der Waals surface area (Å²) in [6.07, 6.45) is 1.70. The van der Waals surface area contributed by atoms with Crippen molar-refractivity contribution >= 4 is 23.2 Å². The van der Waals surface area contributed by atoms with Crippen LogP contribution in [0, 0.1) is 0 Å². The van der Waals surface area contributed by atoms with Crippen molar-refractivity contribution in [1.82, 2.24) is 9.78 Å². The Morgan fingerprint density at radius 2 is 1.65 bits per heavy atom. The second-order valence-electron chi connectivity index (χ2n) is 6.68. The molecule has 1 amide bonds. The minimum atomic E-state index is -0.319. The SMILES string of the molecule is COc1ccc(-c2nn(-c3ccccc3)cc2C(=O)Nc2ccccc2Cl)cc1OC. The van der Waals surface area contributed by atoms with Gasteiger partial charge < -0.3 is 14.8 Å². The molecule has 6 nitrogen and oxygen atoms in total. The number of carbonyl (C=O) groups excluding carboxylic acids is 1. The van der Waals surface area contributed by atoms with Gasteiger partial charge in [-0.2, -0.15) is 5.10 Å². The van der Waals surface area contributed by atoms with Gasteiger partial charge in [-0.25, -0.2) is 4.68 Å². The predicted molar refractivity (Wildman–Crippen MR) is 122 cm³/mol. The van der Waals surface area contributed by atoms with Crippen molar-refractivity contribution in [3.05, 3.63) is 89.6 Å². The molecule has 0 saturated heterocycles. The molecule has 0 unspecified atom stereocenters. The van der Waals surface area contributed by atoms with Gasteiger partial charge in [0, 0.05) is 11.8 Å². The van der Waals surface area contributed by atoms with Crippen LogP contribution < -0.4 is 14.8 Å². The maximum atomic E-state index is 13.2. The van der Waals surface area contributed by atoms with Gasteiger partial charge in [0.2, 0.25) is 0 Å². The number of para-hydroxylation sites is 2. The Morgan fingerprint density at radius 3 is 2.35 bits per heavy atom. The van der Waals surface area contributed by atoms with Crippen molar-refractivity contribution in [2.75, 3.05) is 19.5 Å². The fraction of sp³-hybridized carbons (Fsp3) is 0.0833. The van der Waals surface area contributed by atoms with Gasteiger partial charge in [0.25, 0.3) is 5.91 Å². The summed E-state index contributed by atoms with van der Waals surface area (Å²) in [7, 11) is 3.14. The van der Waals surface area contributed by atoms with Crippen molar-refractivity contribution in [1.29, 1.82) is 0 Å². The Balaban J connectivity index is 1.81. The van der Waals surface area contributed by atoms with Gasteiger partial charge in [-0.3, -0.25) is 4.79 Å². The number of methoxy groups -OCH3 is 2.